The molecule has 5 aliphatic carbocycles. The molecular weight excluding hydrogens is 601 g/mol. The highest BCUT2D eigenvalue weighted by Crippen LogP contribution is 2.67. The zero-order valence-corrected chi connectivity index (χ0v) is 32.2. The molecule has 0 amide bonds. The highest BCUT2D eigenvalue weighted by atomic mass is 14.5. The van der Waals surface area contributed by atoms with Crippen LogP contribution >= 0.6 is 0 Å². The van der Waals surface area contributed by atoms with E-state index in [0.717, 1.165) is 12.8 Å². The fraction of sp³-hybridized carbons (Fsp3) is 0.360. The Morgan fingerprint density at radius 3 is 1.52 bits per heavy atom. The third kappa shape index (κ3) is 5.08. The molecule has 0 saturated carbocycles. The molecule has 0 saturated heterocycles. The number of rotatable bonds is 10. The van der Waals surface area contributed by atoms with E-state index in [1.54, 1.807) is 0 Å². The molecule has 2 aromatic carbocycles. The van der Waals surface area contributed by atoms with Crippen molar-refractivity contribution in [1.29, 1.82) is 0 Å². The van der Waals surface area contributed by atoms with Gasteiger partial charge in [-0.05, 0) is 131 Å². The molecule has 0 heteroatoms. The van der Waals surface area contributed by atoms with E-state index in [2.05, 4.69) is 161 Å². The van der Waals surface area contributed by atoms with E-state index in [9.17, 15) is 0 Å². The molecule has 0 heterocycles. The summed E-state index contributed by atoms with van der Waals surface area (Å²) in [6, 6.07) is 10.0. The molecule has 7 rings (SSSR count). The number of hydrogen-bond donors (Lipinski definition) is 0. The summed E-state index contributed by atoms with van der Waals surface area (Å²) in [7, 11) is 0. The van der Waals surface area contributed by atoms with E-state index >= 15 is 0 Å². The van der Waals surface area contributed by atoms with Gasteiger partial charge in [-0.15, -0.1) is 13.2 Å². The first kappa shape index (κ1) is 34.3. The molecule has 5 aliphatic rings. The molecule has 2 aromatic rings. The second-order valence-corrected chi connectivity index (χ2v) is 16.9. The lowest BCUT2D eigenvalue weighted by atomic mass is 9.66. The van der Waals surface area contributed by atoms with Gasteiger partial charge < -0.3 is 0 Å². The van der Waals surface area contributed by atoms with Crippen LogP contribution in [-0.2, 0) is 12.8 Å². The summed E-state index contributed by atoms with van der Waals surface area (Å²) in [4.78, 5) is 0. The Morgan fingerprint density at radius 1 is 0.600 bits per heavy atom. The summed E-state index contributed by atoms with van der Waals surface area (Å²) in [5, 5.41) is 0. The van der Waals surface area contributed by atoms with E-state index in [1.807, 2.05) is 0 Å². The summed E-state index contributed by atoms with van der Waals surface area (Å²) in [5.41, 5.74) is 24.5. The monoisotopic (exact) mass is 656 g/mol. The Hall–Kier alpha value is -4.16. The molecule has 0 nitrogen and oxygen atoms in total. The molecule has 50 heavy (non-hydrogen) atoms. The molecule has 0 spiro atoms. The van der Waals surface area contributed by atoms with Crippen LogP contribution in [0.1, 0.15) is 137 Å². The van der Waals surface area contributed by atoms with Crippen molar-refractivity contribution in [1.82, 2.24) is 0 Å². The van der Waals surface area contributed by atoms with Crippen molar-refractivity contribution in [2.75, 3.05) is 0 Å². The van der Waals surface area contributed by atoms with Crippen LogP contribution in [0.15, 0.2) is 131 Å². The fourth-order valence-corrected chi connectivity index (χ4v) is 9.61. The van der Waals surface area contributed by atoms with Gasteiger partial charge in [-0.25, -0.2) is 0 Å². The molecule has 0 bridgehead atoms. The van der Waals surface area contributed by atoms with E-state index in [-0.39, 0.29) is 5.41 Å². The smallest absolute Gasteiger partial charge is 0.0352 e. The molecule has 256 valence electrons. The highest BCUT2D eigenvalue weighted by Gasteiger charge is 2.51. The molecule has 1 atom stereocenters. The zero-order chi connectivity index (χ0) is 35.8. The van der Waals surface area contributed by atoms with Crippen molar-refractivity contribution in [3.8, 4) is 0 Å². The van der Waals surface area contributed by atoms with Gasteiger partial charge in [0.1, 0.15) is 0 Å². The number of benzene rings is 2. The lowest BCUT2D eigenvalue weighted by Crippen LogP contribution is -2.22. The van der Waals surface area contributed by atoms with Crippen molar-refractivity contribution >= 4 is 11.1 Å². The lowest BCUT2D eigenvalue weighted by molar-refractivity contribution is 0.666. The van der Waals surface area contributed by atoms with E-state index in [0.29, 0.717) is 29.6 Å². The van der Waals surface area contributed by atoms with Crippen LogP contribution < -0.4 is 0 Å². The Kier molecular flexibility index (Phi) is 8.61. The first-order chi connectivity index (χ1) is 23.8. The Labute approximate surface area is 302 Å². The average Bonchev–Trinajstić information content (AvgIpc) is 3.50. The minimum atomic E-state index is -0.245. The van der Waals surface area contributed by atoms with Gasteiger partial charge >= 0.3 is 0 Å². The predicted molar refractivity (Wildman–Crippen MR) is 218 cm³/mol. The SMILES string of the molecule is C=CCc1cc(C(C)C)c(C2=C3C4=CC=C5C=CC=C6C=CC(=C4C65)C3=C(c3c(C(C)C)cc(CC=C)cc3C(C)C)C2(C)C)c(C(C)C)c1. The van der Waals surface area contributed by atoms with Gasteiger partial charge in [0.05, 0.1) is 0 Å². The highest BCUT2D eigenvalue weighted by molar-refractivity contribution is 6.08. The molecule has 0 radical (unpaired) electrons. The third-order valence-electron chi connectivity index (χ3n) is 11.8. The van der Waals surface area contributed by atoms with Gasteiger partial charge in [0, 0.05) is 11.3 Å². The summed E-state index contributed by atoms with van der Waals surface area (Å²) < 4.78 is 0. The van der Waals surface area contributed by atoms with Crippen molar-refractivity contribution in [2.45, 2.75) is 106 Å². The normalized spacial score (nSPS) is 20.0. The summed E-state index contributed by atoms with van der Waals surface area (Å²) in [5.74, 6) is 1.83. The van der Waals surface area contributed by atoms with Gasteiger partial charge in [-0.2, -0.15) is 0 Å². The second kappa shape index (κ2) is 12.6. The van der Waals surface area contributed by atoms with Gasteiger partial charge in [0.25, 0.3) is 0 Å². The second-order valence-electron chi connectivity index (χ2n) is 16.9. The zero-order valence-electron chi connectivity index (χ0n) is 32.2. The number of hydrogen-bond acceptors (Lipinski definition) is 0. The quantitative estimate of drug-likeness (QED) is 0.223. The maximum Gasteiger partial charge on any atom is 0.0352 e. The van der Waals surface area contributed by atoms with Gasteiger partial charge in [-0.1, -0.05) is 148 Å². The van der Waals surface area contributed by atoms with E-state index < -0.39 is 0 Å². The van der Waals surface area contributed by atoms with Crippen LogP contribution in [0.4, 0.5) is 0 Å². The summed E-state index contributed by atoms with van der Waals surface area (Å²) in [6.07, 6.45) is 22.5. The molecule has 1 unspecified atom stereocenters. The summed E-state index contributed by atoms with van der Waals surface area (Å²) in [6.45, 7) is 32.4. The van der Waals surface area contributed by atoms with Crippen molar-refractivity contribution < 1.29 is 0 Å². The Morgan fingerprint density at radius 2 is 1.06 bits per heavy atom. The number of fused-ring (bicyclic) bond motifs is 3. The third-order valence-corrected chi connectivity index (χ3v) is 11.8. The fourth-order valence-electron chi connectivity index (χ4n) is 9.61. The maximum atomic E-state index is 4.12. The Balaban J connectivity index is 1.66. The van der Waals surface area contributed by atoms with Crippen LogP contribution in [0.2, 0.25) is 0 Å². The summed E-state index contributed by atoms with van der Waals surface area (Å²) >= 11 is 0. The molecular formula is C50H56. The topological polar surface area (TPSA) is 0 Å². The number of allylic oxidation sites excluding steroid dienone is 18. The Bertz CT molecular complexity index is 2030. The van der Waals surface area contributed by atoms with Crippen LogP contribution in [0.5, 0.6) is 0 Å². The van der Waals surface area contributed by atoms with Crippen molar-refractivity contribution in [2.24, 2.45) is 11.3 Å². The molecule has 0 N–H and O–H groups in total. The first-order valence-corrected chi connectivity index (χ1v) is 19.1. The van der Waals surface area contributed by atoms with E-state index in [1.165, 1.54) is 94.7 Å². The van der Waals surface area contributed by atoms with Crippen molar-refractivity contribution in [3.63, 3.8) is 0 Å². The van der Waals surface area contributed by atoms with Crippen LogP contribution in [0.3, 0.4) is 0 Å². The van der Waals surface area contributed by atoms with Crippen LogP contribution in [0.25, 0.3) is 11.1 Å². The largest absolute Gasteiger partial charge is 0.103 e. The van der Waals surface area contributed by atoms with E-state index in [4.69, 9.17) is 0 Å². The van der Waals surface area contributed by atoms with Gasteiger partial charge in [0.2, 0.25) is 0 Å². The predicted octanol–water partition coefficient (Wildman–Crippen LogP) is 13.7. The molecule has 0 aliphatic heterocycles. The molecule has 0 aromatic heterocycles. The maximum absolute atomic E-state index is 4.12. The van der Waals surface area contributed by atoms with Crippen LogP contribution in [-0.4, -0.2) is 0 Å². The average molecular weight is 657 g/mol. The first-order valence-electron chi connectivity index (χ1n) is 19.1. The minimum Gasteiger partial charge on any atom is -0.103 e. The van der Waals surface area contributed by atoms with Crippen molar-refractivity contribution in [3.05, 3.63) is 176 Å². The lowest BCUT2D eigenvalue weighted by Gasteiger charge is -2.37. The van der Waals surface area contributed by atoms with Gasteiger partial charge in [0.15, 0.2) is 0 Å². The molecule has 0 fully saturated rings. The van der Waals surface area contributed by atoms with Crippen LogP contribution in [0, 0.1) is 11.3 Å². The standard InChI is InChI=1S/C50H56/c1-13-16-32-24-38(28(3)4)44(39(25-32)29(5)6)48-46-36-22-20-34-18-15-19-35-21-23-37(43(36)42(34)35)47(46)49(50(48,11)12)45-40(30(7)8)26-33(17-14-2)27-41(45)31(9)10/h13-15,18-31,42H,1-2,16-17H2,3-12H3. The minimum absolute atomic E-state index is 0.245. The van der Waals surface area contributed by atoms with Gasteiger partial charge in [-0.3, -0.25) is 0 Å².